The third-order valence-electron chi connectivity index (χ3n) is 4.97. The number of nitrogens with zero attached hydrogens (tertiary/aromatic N) is 1. The van der Waals surface area contributed by atoms with Crippen molar-refractivity contribution in [2.75, 3.05) is 6.54 Å². The number of aliphatic carboxylic acids is 1. The first kappa shape index (κ1) is 20.9. The van der Waals surface area contributed by atoms with Gasteiger partial charge in [0, 0.05) is 19.0 Å². The number of imide groups is 1. The monoisotopic (exact) mass is 374 g/mol. The zero-order valence-electron chi connectivity index (χ0n) is 16.4. The van der Waals surface area contributed by atoms with Crippen molar-refractivity contribution >= 4 is 17.9 Å². The van der Waals surface area contributed by atoms with Crippen LogP contribution >= 0.6 is 0 Å². The summed E-state index contributed by atoms with van der Waals surface area (Å²) in [5.74, 6) is -1.92. The van der Waals surface area contributed by atoms with Crippen molar-refractivity contribution in [3.63, 3.8) is 0 Å². The molecule has 6 heteroatoms. The number of nitrogens with one attached hydrogen (secondary N) is 1. The second-order valence-electron chi connectivity index (χ2n) is 8.30. The van der Waals surface area contributed by atoms with Gasteiger partial charge < -0.3 is 10.4 Å². The number of hydrogen-bond donors (Lipinski definition) is 2. The maximum Gasteiger partial charge on any atom is 0.324 e. The van der Waals surface area contributed by atoms with Crippen LogP contribution in [0, 0.1) is 17.3 Å². The molecule has 27 heavy (non-hydrogen) atoms. The first-order chi connectivity index (χ1) is 12.7. The van der Waals surface area contributed by atoms with Gasteiger partial charge in [0.2, 0.25) is 5.91 Å². The lowest BCUT2D eigenvalue weighted by molar-refractivity contribution is -0.144. The minimum atomic E-state index is -1.02. The topological polar surface area (TPSA) is 86.7 Å². The van der Waals surface area contributed by atoms with Crippen LogP contribution in [0.3, 0.4) is 0 Å². The molecule has 0 aromatic heterocycles. The normalized spacial score (nSPS) is 15.9. The number of carboxylic acids is 1. The Labute approximate surface area is 160 Å². The Hall–Kier alpha value is -2.37. The molecule has 0 spiro atoms. The van der Waals surface area contributed by atoms with Gasteiger partial charge >= 0.3 is 12.0 Å². The third kappa shape index (κ3) is 6.70. The molecule has 3 amide bonds. The molecule has 0 bridgehead atoms. The predicted molar refractivity (Wildman–Crippen MR) is 103 cm³/mol. The van der Waals surface area contributed by atoms with Gasteiger partial charge in [-0.15, -0.1) is 0 Å². The SMILES string of the molecule is CC(C)CC(CC(=O)O)C(=O)N(CC1(C)CC1)C(=O)NCc1ccccc1. The van der Waals surface area contributed by atoms with Crippen molar-refractivity contribution in [1.82, 2.24) is 10.2 Å². The van der Waals surface area contributed by atoms with E-state index < -0.39 is 17.9 Å². The standard InChI is InChI=1S/C21H30N2O4/c1-15(2)11-17(12-18(24)25)19(26)23(14-21(3)9-10-21)20(27)22-13-16-7-5-4-6-8-16/h4-8,15,17H,9-14H2,1-3H3,(H,22,27)(H,24,25). The average Bonchev–Trinajstić information content (AvgIpc) is 3.34. The van der Waals surface area contributed by atoms with Crippen LogP contribution in [0.15, 0.2) is 30.3 Å². The van der Waals surface area contributed by atoms with Crippen LogP contribution < -0.4 is 5.32 Å². The summed E-state index contributed by atoms with van der Waals surface area (Å²) >= 11 is 0. The average molecular weight is 374 g/mol. The molecular weight excluding hydrogens is 344 g/mol. The molecule has 2 N–H and O–H groups in total. The molecule has 148 valence electrons. The first-order valence-corrected chi connectivity index (χ1v) is 9.55. The zero-order valence-corrected chi connectivity index (χ0v) is 16.4. The Morgan fingerprint density at radius 1 is 1.19 bits per heavy atom. The van der Waals surface area contributed by atoms with Crippen molar-refractivity contribution in [1.29, 1.82) is 0 Å². The number of rotatable bonds is 9. The fraction of sp³-hybridized carbons (Fsp3) is 0.571. The summed E-state index contributed by atoms with van der Waals surface area (Å²) < 4.78 is 0. The number of benzene rings is 1. The molecule has 0 radical (unpaired) electrons. The molecule has 2 rings (SSSR count). The Bertz CT molecular complexity index is 668. The van der Waals surface area contributed by atoms with Crippen LogP contribution in [0.25, 0.3) is 0 Å². The Morgan fingerprint density at radius 2 is 1.81 bits per heavy atom. The highest BCUT2D eigenvalue weighted by molar-refractivity contribution is 5.96. The lowest BCUT2D eigenvalue weighted by atomic mass is 9.92. The summed E-state index contributed by atoms with van der Waals surface area (Å²) in [6.45, 7) is 6.61. The van der Waals surface area contributed by atoms with Crippen molar-refractivity contribution < 1.29 is 19.5 Å². The molecule has 0 aliphatic heterocycles. The molecule has 6 nitrogen and oxygen atoms in total. The van der Waals surface area contributed by atoms with Gasteiger partial charge in [-0.2, -0.15) is 0 Å². The van der Waals surface area contributed by atoms with Crippen LogP contribution in [0.1, 0.15) is 52.0 Å². The van der Waals surface area contributed by atoms with Crippen molar-refractivity contribution in [2.45, 2.75) is 53.0 Å². The van der Waals surface area contributed by atoms with Crippen LogP contribution in [-0.2, 0) is 16.1 Å². The molecular formula is C21H30N2O4. The second kappa shape index (κ2) is 9.02. The van der Waals surface area contributed by atoms with E-state index in [1.807, 2.05) is 51.1 Å². The molecule has 1 unspecified atom stereocenters. The highest BCUT2D eigenvalue weighted by Gasteiger charge is 2.43. The number of amides is 3. The van der Waals surface area contributed by atoms with Gasteiger partial charge in [-0.1, -0.05) is 51.1 Å². The minimum Gasteiger partial charge on any atom is -0.481 e. The van der Waals surface area contributed by atoms with Crippen LogP contribution in [0.4, 0.5) is 4.79 Å². The van der Waals surface area contributed by atoms with E-state index in [1.54, 1.807) is 0 Å². The van der Waals surface area contributed by atoms with Crippen LogP contribution in [-0.4, -0.2) is 34.5 Å². The van der Waals surface area contributed by atoms with Crippen molar-refractivity contribution in [3.8, 4) is 0 Å². The number of carbonyl (C=O) groups is 3. The quantitative estimate of drug-likeness (QED) is 0.690. The number of carboxylic acid groups (broad SMARTS) is 1. The zero-order chi connectivity index (χ0) is 20.0. The fourth-order valence-corrected chi connectivity index (χ4v) is 3.14. The molecule has 1 aliphatic rings. The summed E-state index contributed by atoms with van der Waals surface area (Å²) in [6, 6.07) is 9.04. The van der Waals surface area contributed by atoms with Crippen molar-refractivity contribution in [3.05, 3.63) is 35.9 Å². The van der Waals surface area contributed by atoms with E-state index in [1.165, 1.54) is 4.90 Å². The maximum absolute atomic E-state index is 13.1. The number of hydrogen-bond acceptors (Lipinski definition) is 3. The molecule has 0 heterocycles. The van der Waals surface area contributed by atoms with E-state index in [0.717, 1.165) is 18.4 Å². The summed E-state index contributed by atoms with van der Waals surface area (Å²) in [5, 5.41) is 12.0. The molecule has 1 atom stereocenters. The fourth-order valence-electron chi connectivity index (χ4n) is 3.14. The van der Waals surface area contributed by atoms with Gasteiger partial charge in [0.1, 0.15) is 0 Å². The molecule has 1 fully saturated rings. The largest absolute Gasteiger partial charge is 0.481 e. The lowest BCUT2D eigenvalue weighted by Gasteiger charge is -2.28. The Balaban J connectivity index is 2.11. The maximum atomic E-state index is 13.1. The number of urea groups is 1. The minimum absolute atomic E-state index is 0.0502. The van der Waals surface area contributed by atoms with E-state index in [2.05, 4.69) is 5.32 Å². The van der Waals surface area contributed by atoms with E-state index in [-0.39, 0.29) is 23.7 Å². The van der Waals surface area contributed by atoms with Gasteiger partial charge in [-0.05, 0) is 36.2 Å². The van der Waals surface area contributed by atoms with Crippen LogP contribution in [0.5, 0.6) is 0 Å². The lowest BCUT2D eigenvalue weighted by Crippen LogP contribution is -2.48. The van der Waals surface area contributed by atoms with Gasteiger partial charge in [-0.25, -0.2) is 4.79 Å². The molecule has 1 saturated carbocycles. The van der Waals surface area contributed by atoms with Gasteiger partial charge in [-0.3, -0.25) is 14.5 Å². The molecule has 1 aromatic rings. The smallest absolute Gasteiger partial charge is 0.324 e. The highest BCUT2D eigenvalue weighted by atomic mass is 16.4. The first-order valence-electron chi connectivity index (χ1n) is 9.55. The summed E-state index contributed by atoms with van der Waals surface area (Å²) in [5.41, 5.74) is 0.894. The Kier molecular flexibility index (Phi) is 6.99. The summed E-state index contributed by atoms with van der Waals surface area (Å²) in [4.78, 5) is 38.3. The molecule has 1 aliphatic carbocycles. The van der Waals surface area contributed by atoms with Crippen LogP contribution in [0.2, 0.25) is 0 Å². The van der Waals surface area contributed by atoms with Gasteiger partial charge in [0.25, 0.3) is 0 Å². The second-order valence-corrected chi connectivity index (χ2v) is 8.30. The predicted octanol–water partition coefficient (Wildman–Crippen LogP) is 3.66. The third-order valence-corrected chi connectivity index (χ3v) is 4.97. The number of carbonyl (C=O) groups excluding carboxylic acids is 2. The van der Waals surface area contributed by atoms with E-state index in [0.29, 0.717) is 19.5 Å². The molecule has 1 aromatic carbocycles. The van der Waals surface area contributed by atoms with E-state index in [9.17, 15) is 19.5 Å². The highest BCUT2D eigenvalue weighted by Crippen LogP contribution is 2.45. The van der Waals surface area contributed by atoms with Crippen molar-refractivity contribution in [2.24, 2.45) is 17.3 Å². The van der Waals surface area contributed by atoms with E-state index >= 15 is 0 Å². The van der Waals surface area contributed by atoms with Gasteiger partial charge in [0.15, 0.2) is 0 Å². The van der Waals surface area contributed by atoms with E-state index in [4.69, 9.17) is 0 Å². The Morgan fingerprint density at radius 3 is 2.33 bits per heavy atom. The summed E-state index contributed by atoms with van der Waals surface area (Å²) in [6.07, 6.45) is 2.13. The summed E-state index contributed by atoms with van der Waals surface area (Å²) in [7, 11) is 0. The van der Waals surface area contributed by atoms with Gasteiger partial charge in [0.05, 0.1) is 6.42 Å². The molecule has 0 saturated heterocycles.